The summed E-state index contributed by atoms with van der Waals surface area (Å²) < 4.78 is 0. The number of nitrogens with one attached hydrogen (secondary N) is 1. The van der Waals surface area contributed by atoms with Crippen LogP contribution in [-0.4, -0.2) is 29.1 Å². The molecule has 1 aliphatic heterocycles. The van der Waals surface area contributed by atoms with Crippen molar-refractivity contribution >= 4 is 23.5 Å². The van der Waals surface area contributed by atoms with Gasteiger partial charge in [0.05, 0.1) is 0 Å². The molecule has 1 fully saturated rings. The fourth-order valence-electron chi connectivity index (χ4n) is 2.85. The SMILES string of the molecule is CCC1SCCSC1C(NC)c1cccc(C)c1C. The van der Waals surface area contributed by atoms with Gasteiger partial charge in [0, 0.05) is 28.0 Å². The molecule has 0 radical (unpaired) electrons. The average Bonchev–Trinajstić information content (AvgIpc) is 2.45. The van der Waals surface area contributed by atoms with Gasteiger partial charge in [0.25, 0.3) is 0 Å². The third-order valence-corrected chi connectivity index (χ3v) is 7.47. The van der Waals surface area contributed by atoms with Gasteiger partial charge in [-0.25, -0.2) is 0 Å². The summed E-state index contributed by atoms with van der Waals surface area (Å²) in [6, 6.07) is 7.19. The first-order valence-corrected chi connectivity index (χ1v) is 9.25. The quantitative estimate of drug-likeness (QED) is 0.894. The van der Waals surface area contributed by atoms with Crippen molar-refractivity contribution in [1.82, 2.24) is 5.32 Å². The highest BCUT2D eigenvalue weighted by molar-refractivity contribution is 8.07. The maximum Gasteiger partial charge on any atom is 0.0451 e. The van der Waals surface area contributed by atoms with Crippen LogP contribution < -0.4 is 5.32 Å². The minimum absolute atomic E-state index is 0.475. The Hall–Kier alpha value is -0.120. The van der Waals surface area contributed by atoms with Gasteiger partial charge in [-0.1, -0.05) is 25.1 Å². The van der Waals surface area contributed by atoms with Crippen LogP contribution in [0.2, 0.25) is 0 Å². The number of hydrogen-bond acceptors (Lipinski definition) is 3. The van der Waals surface area contributed by atoms with Gasteiger partial charge >= 0.3 is 0 Å². The Bertz CT molecular complexity index is 419. The summed E-state index contributed by atoms with van der Waals surface area (Å²) in [5.41, 5.74) is 4.34. The predicted molar refractivity (Wildman–Crippen MR) is 90.5 cm³/mol. The lowest BCUT2D eigenvalue weighted by Gasteiger charge is -2.36. The minimum Gasteiger partial charge on any atom is -0.312 e. The highest BCUT2D eigenvalue weighted by atomic mass is 32.2. The first-order chi connectivity index (χ1) is 9.19. The first kappa shape index (κ1) is 15.3. The normalized spacial score (nSPS) is 25.3. The molecule has 19 heavy (non-hydrogen) atoms. The van der Waals surface area contributed by atoms with Crippen LogP contribution in [0.3, 0.4) is 0 Å². The molecule has 1 aliphatic rings. The standard InChI is InChI=1S/C16H25NS2/c1-5-14-16(19-10-9-18-14)15(17-4)13-8-6-7-11(2)12(13)3/h6-8,14-17H,5,9-10H2,1-4H3. The molecule has 3 atom stereocenters. The Morgan fingerprint density at radius 1 is 1.26 bits per heavy atom. The Morgan fingerprint density at radius 3 is 2.68 bits per heavy atom. The second-order valence-corrected chi connectivity index (χ2v) is 7.84. The van der Waals surface area contributed by atoms with E-state index in [1.165, 1.54) is 34.6 Å². The number of hydrogen-bond donors (Lipinski definition) is 1. The number of thioether (sulfide) groups is 2. The van der Waals surface area contributed by atoms with Crippen molar-refractivity contribution in [3.63, 3.8) is 0 Å². The van der Waals surface area contributed by atoms with E-state index in [1.54, 1.807) is 0 Å². The summed E-state index contributed by atoms with van der Waals surface area (Å²) >= 11 is 4.31. The van der Waals surface area contributed by atoms with Gasteiger partial charge < -0.3 is 5.32 Å². The lowest BCUT2D eigenvalue weighted by atomic mass is 9.94. The molecule has 1 heterocycles. The monoisotopic (exact) mass is 295 g/mol. The molecule has 1 aromatic rings. The average molecular weight is 296 g/mol. The molecule has 0 aromatic heterocycles. The molecule has 0 spiro atoms. The van der Waals surface area contributed by atoms with E-state index in [4.69, 9.17) is 0 Å². The van der Waals surface area contributed by atoms with Crippen LogP contribution in [0.25, 0.3) is 0 Å². The fourth-order valence-corrected chi connectivity index (χ4v) is 6.14. The van der Waals surface area contributed by atoms with Crippen LogP contribution in [0, 0.1) is 13.8 Å². The Morgan fingerprint density at radius 2 is 2.00 bits per heavy atom. The van der Waals surface area contributed by atoms with E-state index in [0.29, 0.717) is 11.3 Å². The van der Waals surface area contributed by atoms with Gasteiger partial charge in [-0.3, -0.25) is 0 Å². The third-order valence-electron chi connectivity index (χ3n) is 4.12. The highest BCUT2D eigenvalue weighted by Gasteiger charge is 2.32. The molecule has 0 saturated carbocycles. The van der Waals surface area contributed by atoms with Gasteiger partial charge in [0.15, 0.2) is 0 Å². The van der Waals surface area contributed by atoms with Gasteiger partial charge in [0.2, 0.25) is 0 Å². The van der Waals surface area contributed by atoms with Crippen LogP contribution in [0.1, 0.15) is 36.1 Å². The maximum absolute atomic E-state index is 3.59. The van der Waals surface area contributed by atoms with Crippen LogP contribution >= 0.6 is 23.5 Å². The number of benzene rings is 1. The largest absolute Gasteiger partial charge is 0.312 e. The Kier molecular flexibility index (Phi) is 5.67. The van der Waals surface area contributed by atoms with Crippen molar-refractivity contribution in [1.29, 1.82) is 0 Å². The smallest absolute Gasteiger partial charge is 0.0451 e. The minimum atomic E-state index is 0.475. The zero-order valence-corrected chi connectivity index (χ0v) is 14.0. The van der Waals surface area contributed by atoms with Gasteiger partial charge in [-0.05, 0) is 44.0 Å². The molecular weight excluding hydrogens is 270 g/mol. The Labute approximate surface area is 126 Å². The molecule has 0 aliphatic carbocycles. The molecule has 0 amide bonds. The molecule has 3 heteroatoms. The van der Waals surface area contributed by atoms with E-state index in [9.17, 15) is 0 Å². The van der Waals surface area contributed by atoms with E-state index < -0.39 is 0 Å². The second kappa shape index (κ2) is 7.05. The summed E-state index contributed by atoms with van der Waals surface area (Å²) in [4.78, 5) is 0. The fraction of sp³-hybridized carbons (Fsp3) is 0.625. The van der Waals surface area contributed by atoms with Gasteiger partial charge in [0.1, 0.15) is 0 Å². The van der Waals surface area contributed by atoms with E-state index in [1.807, 2.05) is 0 Å². The number of rotatable bonds is 4. The summed E-state index contributed by atoms with van der Waals surface area (Å²) in [7, 11) is 2.11. The zero-order chi connectivity index (χ0) is 13.8. The van der Waals surface area contributed by atoms with Gasteiger partial charge in [-0.15, -0.1) is 0 Å². The first-order valence-electron chi connectivity index (χ1n) is 7.15. The van der Waals surface area contributed by atoms with Crippen LogP contribution in [0.5, 0.6) is 0 Å². The second-order valence-electron chi connectivity index (χ2n) is 5.21. The summed E-state index contributed by atoms with van der Waals surface area (Å²) in [5.74, 6) is 2.60. The van der Waals surface area contributed by atoms with Gasteiger partial charge in [-0.2, -0.15) is 23.5 Å². The topological polar surface area (TPSA) is 12.0 Å². The van der Waals surface area contributed by atoms with E-state index >= 15 is 0 Å². The van der Waals surface area contributed by atoms with Crippen molar-refractivity contribution in [3.8, 4) is 0 Å². The van der Waals surface area contributed by atoms with Crippen LogP contribution in [0.4, 0.5) is 0 Å². The molecular formula is C16H25NS2. The lowest BCUT2D eigenvalue weighted by Crippen LogP contribution is -2.37. The summed E-state index contributed by atoms with van der Waals surface area (Å²) in [5, 5.41) is 5.05. The Balaban J connectivity index is 2.30. The summed E-state index contributed by atoms with van der Waals surface area (Å²) in [6.07, 6.45) is 1.27. The van der Waals surface area contributed by atoms with Crippen LogP contribution in [-0.2, 0) is 0 Å². The van der Waals surface area contributed by atoms with Crippen LogP contribution in [0.15, 0.2) is 18.2 Å². The zero-order valence-electron chi connectivity index (χ0n) is 12.4. The van der Waals surface area contributed by atoms with Crippen molar-refractivity contribution < 1.29 is 0 Å². The third kappa shape index (κ3) is 3.32. The molecule has 0 bridgehead atoms. The van der Waals surface area contributed by atoms with E-state index in [0.717, 1.165) is 5.25 Å². The molecule has 1 N–H and O–H groups in total. The lowest BCUT2D eigenvalue weighted by molar-refractivity contribution is 0.541. The highest BCUT2D eigenvalue weighted by Crippen LogP contribution is 2.41. The van der Waals surface area contributed by atoms with Crippen molar-refractivity contribution in [2.24, 2.45) is 0 Å². The number of aryl methyl sites for hydroxylation is 1. The molecule has 2 rings (SSSR count). The summed E-state index contributed by atoms with van der Waals surface area (Å²) in [6.45, 7) is 6.80. The molecule has 1 nitrogen and oxygen atoms in total. The van der Waals surface area contributed by atoms with Crippen molar-refractivity contribution in [2.45, 2.75) is 43.7 Å². The molecule has 106 valence electrons. The maximum atomic E-state index is 3.59. The van der Waals surface area contributed by atoms with E-state index in [-0.39, 0.29) is 0 Å². The van der Waals surface area contributed by atoms with E-state index in [2.05, 4.69) is 74.9 Å². The molecule has 1 saturated heterocycles. The predicted octanol–water partition coefficient (Wildman–Crippen LogP) is 4.19. The molecule has 3 unspecified atom stereocenters. The van der Waals surface area contributed by atoms with Crippen molar-refractivity contribution in [3.05, 3.63) is 34.9 Å². The van der Waals surface area contributed by atoms with Crippen molar-refractivity contribution in [2.75, 3.05) is 18.6 Å². The molecule has 1 aromatic carbocycles.